The van der Waals surface area contributed by atoms with Crippen molar-refractivity contribution in [3.8, 4) is 0 Å². The predicted molar refractivity (Wildman–Crippen MR) is 25.2 cm³/mol. The van der Waals surface area contributed by atoms with E-state index in [1.165, 1.54) is 0 Å². The Balaban J connectivity index is 3.05. The number of halogens is 1. The minimum Gasteiger partial charge on any atom is -0.598 e. The second kappa shape index (κ2) is 1.47. The van der Waals surface area contributed by atoms with Gasteiger partial charge in [-0.1, -0.05) is 26.7 Å². The first-order chi connectivity index (χ1) is 2.89. The Kier molecular flexibility index (Phi) is 0.965. The maximum Gasteiger partial charge on any atom is 0.00639 e. The van der Waals surface area contributed by atoms with E-state index in [1.54, 1.807) is 12.3 Å². The van der Waals surface area contributed by atoms with Gasteiger partial charge < -0.3 is 4.42 Å². The molecule has 1 aromatic heterocycles. The maximum atomic E-state index is 4.54. The van der Waals surface area contributed by atoms with Crippen molar-refractivity contribution in [2.24, 2.45) is 0 Å². The molecular formula is C4H2BrO-. The predicted octanol–water partition coefficient (Wildman–Crippen LogP) is 1.84. The average Bonchev–Trinajstić information content (AvgIpc) is 1.86. The third kappa shape index (κ3) is 0.627. The molecule has 0 aliphatic heterocycles. The fourth-order valence-corrected chi connectivity index (χ4v) is 0.419. The molecule has 0 fully saturated rings. The van der Waals surface area contributed by atoms with Crippen molar-refractivity contribution in [2.75, 3.05) is 0 Å². The quantitative estimate of drug-likeness (QED) is 0.509. The van der Waals surface area contributed by atoms with Crippen LogP contribution in [0.3, 0.4) is 0 Å². The summed E-state index contributed by atoms with van der Waals surface area (Å²) in [6.07, 6.45) is 4.10. The van der Waals surface area contributed by atoms with Crippen LogP contribution in [-0.4, -0.2) is 0 Å². The molecule has 0 radical (unpaired) electrons. The van der Waals surface area contributed by atoms with E-state index in [1.807, 2.05) is 0 Å². The molecule has 0 saturated heterocycles. The molecule has 0 bridgehead atoms. The Hall–Kier alpha value is -0.240. The van der Waals surface area contributed by atoms with E-state index in [-0.39, 0.29) is 0 Å². The van der Waals surface area contributed by atoms with Crippen molar-refractivity contribution >= 4 is 15.9 Å². The molecule has 0 amide bonds. The molecule has 0 aliphatic rings. The van der Waals surface area contributed by atoms with E-state index in [2.05, 4.69) is 26.6 Å². The molecule has 0 N–H and O–H groups in total. The molecule has 0 aromatic carbocycles. The number of furan rings is 1. The third-order valence-corrected chi connectivity index (χ3v) is 0.865. The van der Waals surface area contributed by atoms with Gasteiger partial charge >= 0.3 is 0 Å². The van der Waals surface area contributed by atoms with Gasteiger partial charge in [-0.05, 0) is 0 Å². The number of hydrogen-bond acceptors (Lipinski definition) is 1. The summed E-state index contributed by atoms with van der Waals surface area (Å²) in [5.74, 6) is 0. The average molecular weight is 146 g/mol. The molecule has 6 heavy (non-hydrogen) atoms. The SMILES string of the molecule is Brc1[c-]occ1. The first-order valence-electron chi connectivity index (χ1n) is 1.50. The van der Waals surface area contributed by atoms with Crippen molar-refractivity contribution in [3.05, 3.63) is 23.1 Å². The Morgan fingerprint density at radius 1 is 1.83 bits per heavy atom. The van der Waals surface area contributed by atoms with Gasteiger partial charge in [0.25, 0.3) is 0 Å². The minimum absolute atomic E-state index is 0.863. The summed E-state index contributed by atoms with van der Waals surface area (Å²) in [5.41, 5.74) is 0. The lowest BCUT2D eigenvalue weighted by molar-refractivity contribution is 0.556. The molecule has 0 atom stereocenters. The van der Waals surface area contributed by atoms with E-state index in [4.69, 9.17) is 0 Å². The van der Waals surface area contributed by atoms with E-state index >= 15 is 0 Å². The summed E-state index contributed by atoms with van der Waals surface area (Å²) in [6, 6.07) is 1.78. The van der Waals surface area contributed by atoms with Gasteiger partial charge in [0.05, 0.1) is 0 Å². The van der Waals surface area contributed by atoms with Gasteiger partial charge in [-0.2, -0.15) is 6.07 Å². The lowest BCUT2D eigenvalue weighted by atomic mass is 10.7. The highest BCUT2D eigenvalue weighted by atomic mass is 79.9. The number of hydrogen-bond donors (Lipinski definition) is 0. The second-order valence-electron chi connectivity index (χ2n) is 0.871. The number of rotatable bonds is 0. The van der Waals surface area contributed by atoms with E-state index in [9.17, 15) is 0 Å². The molecule has 0 saturated carbocycles. The molecule has 0 aliphatic carbocycles. The van der Waals surface area contributed by atoms with Gasteiger partial charge in [0.15, 0.2) is 0 Å². The van der Waals surface area contributed by atoms with Crippen LogP contribution in [0.5, 0.6) is 0 Å². The summed E-state index contributed by atoms with van der Waals surface area (Å²) in [7, 11) is 0. The van der Waals surface area contributed by atoms with Crippen molar-refractivity contribution < 1.29 is 4.42 Å². The third-order valence-electron chi connectivity index (χ3n) is 0.439. The molecule has 1 rings (SSSR count). The zero-order valence-corrected chi connectivity index (χ0v) is 4.53. The van der Waals surface area contributed by atoms with Crippen LogP contribution in [0.1, 0.15) is 0 Å². The lowest BCUT2D eigenvalue weighted by Crippen LogP contribution is -1.37. The Bertz CT molecular complexity index is 111. The van der Waals surface area contributed by atoms with Gasteiger partial charge in [-0.15, -0.1) is 0 Å². The van der Waals surface area contributed by atoms with Crippen LogP contribution in [0.2, 0.25) is 0 Å². The van der Waals surface area contributed by atoms with Crippen molar-refractivity contribution in [1.82, 2.24) is 0 Å². The lowest BCUT2D eigenvalue weighted by Gasteiger charge is -1.71. The summed E-state index contributed by atoms with van der Waals surface area (Å²) < 4.78 is 5.41. The van der Waals surface area contributed by atoms with Gasteiger partial charge in [0, 0.05) is 6.26 Å². The Morgan fingerprint density at radius 3 is 2.83 bits per heavy atom. The smallest absolute Gasteiger partial charge is 0.00639 e. The molecule has 2 heteroatoms. The zero-order chi connectivity index (χ0) is 4.41. The summed E-state index contributed by atoms with van der Waals surface area (Å²) >= 11 is 3.13. The molecule has 0 unspecified atom stereocenters. The van der Waals surface area contributed by atoms with Crippen LogP contribution in [0.4, 0.5) is 0 Å². The van der Waals surface area contributed by atoms with Crippen molar-refractivity contribution in [2.45, 2.75) is 0 Å². The van der Waals surface area contributed by atoms with Crippen LogP contribution in [-0.2, 0) is 0 Å². The minimum atomic E-state index is 0.863. The largest absolute Gasteiger partial charge is 0.598 e. The van der Waals surface area contributed by atoms with E-state index in [0.29, 0.717) is 0 Å². The van der Waals surface area contributed by atoms with Crippen LogP contribution in [0.15, 0.2) is 21.2 Å². The van der Waals surface area contributed by atoms with Crippen LogP contribution >= 0.6 is 15.9 Å². The molecule has 32 valence electrons. The fraction of sp³-hybridized carbons (Fsp3) is 0. The van der Waals surface area contributed by atoms with Crippen molar-refractivity contribution in [3.63, 3.8) is 0 Å². The van der Waals surface area contributed by atoms with Gasteiger partial charge in [0.1, 0.15) is 0 Å². The highest BCUT2D eigenvalue weighted by Gasteiger charge is 1.66. The van der Waals surface area contributed by atoms with Gasteiger partial charge in [-0.25, -0.2) is 0 Å². The highest BCUT2D eigenvalue weighted by Crippen LogP contribution is 2.05. The monoisotopic (exact) mass is 145 g/mol. The maximum absolute atomic E-state index is 4.54. The molecule has 1 aromatic rings. The first kappa shape index (κ1) is 3.93. The zero-order valence-electron chi connectivity index (χ0n) is 2.94. The van der Waals surface area contributed by atoms with Crippen LogP contribution < -0.4 is 0 Å². The molecule has 0 spiro atoms. The Morgan fingerprint density at radius 2 is 2.67 bits per heavy atom. The fourth-order valence-electron chi connectivity index (χ4n) is 0.218. The van der Waals surface area contributed by atoms with Gasteiger partial charge in [-0.3, -0.25) is 0 Å². The normalized spacial score (nSPS) is 8.83. The Labute approximate surface area is 44.1 Å². The summed E-state index contributed by atoms with van der Waals surface area (Å²) in [4.78, 5) is 0. The van der Waals surface area contributed by atoms with Crippen LogP contribution in [0.25, 0.3) is 0 Å². The van der Waals surface area contributed by atoms with Gasteiger partial charge in [0.2, 0.25) is 0 Å². The first-order valence-corrected chi connectivity index (χ1v) is 2.29. The second-order valence-corrected chi connectivity index (χ2v) is 1.72. The standard InChI is InChI=1S/C4H2BrO/c5-4-1-2-6-3-4/h1-2H/q-1. The molecule has 1 heterocycles. The van der Waals surface area contributed by atoms with E-state index in [0.717, 1.165) is 4.47 Å². The molecular weight excluding hydrogens is 144 g/mol. The molecule has 1 nitrogen and oxygen atoms in total. The highest BCUT2D eigenvalue weighted by molar-refractivity contribution is 9.10. The summed E-state index contributed by atoms with van der Waals surface area (Å²) in [6.45, 7) is 0. The van der Waals surface area contributed by atoms with E-state index < -0.39 is 0 Å². The topological polar surface area (TPSA) is 13.1 Å². The van der Waals surface area contributed by atoms with Crippen LogP contribution in [0, 0.1) is 6.26 Å². The van der Waals surface area contributed by atoms with Crippen molar-refractivity contribution in [1.29, 1.82) is 0 Å². The summed E-state index contributed by atoms with van der Waals surface area (Å²) in [5, 5.41) is 0.